The fourth-order valence-electron chi connectivity index (χ4n) is 2.10. The SMILES string of the molecule is NC(=NCCCNC(=O)c1cccc(Br)c1)N1CCSCC1. The number of nitrogens with two attached hydrogens (primary N) is 1. The molecule has 0 radical (unpaired) electrons. The molecule has 1 aliphatic heterocycles. The molecular weight excluding hydrogens is 364 g/mol. The summed E-state index contributed by atoms with van der Waals surface area (Å²) in [5, 5.41) is 2.89. The molecule has 0 atom stereocenters. The molecule has 120 valence electrons. The molecule has 0 aliphatic carbocycles. The minimum Gasteiger partial charge on any atom is -0.370 e. The molecule has 7 heteroatoms. The summed E-state index contributed by atoms with van der Waals surface area (Å²) < 4.78 is 0.900. The van der Waals surface area contributed by atoms with Gasteiger partial charge in [-0.15, -0.1) is 0 Å². The first kappa shape index (κ1) is 17.1. The largest absolute Gasteiger partial charge is 0.370 e. The van der Waals surface area contributed by atoms with Crippen molar-refractivity contribution >= 4 is 39.6 Å². The third-order valence-corrected chi connectivity index (χ3v) is 4.75. The van der Waals surface area contributed by atoms with Crippen LogP contribution in [0.3, 0.4) is 0 Å². The Morgan fingerprint density at radius 2 is 2.18 bits per heavy atom. The van der Waals surface area contributed by atoms with Crippen molar-refractivity contribution in [3.63, 3.8) is 0 Å². The number of amides is 1. The van der Waals surface area contributed by atoms with Gasteiger partial charge in [-0.2, -0.15) is 11.8 Å². The summed E-state index contributed by atoms with van der Waals surface area (Å²) in [5.41, 5.74) is 6.63. The Morgan fingerprint density at radius 3 is 2.91 bits per heavy atom. The minimum absolute atomic E-state index is 0.0636. The second-order valence-electron chi connectivity index (χ2n) is 4.96. The zero-order valence-corrected chi connectivity index (χ0v) is 14.8. The predicted octanol–water partition coefficient (Wildman–Crippen LogP) is 1.93. The summed E-state index contributed by atoms with van der Waals surface area (Å²) in [4.78, 5) is 18.4. The van der Waals surface area contributed by atoms with Crippen LogP contribution >= 0.6 is 27.7 Å². The Bertz CT molecular complexity index is 532. The highest BCUT2D eigenvalue weighted by atomic mass is 79.9. The monoisotopic (exact) mass is 384 g/mol. The van der Waals surface area contributed by atoms with Crippen LogP contribution in [0.4, 0.5) is 0 Å². The van der Waals surface area contributed by atoms with Crippen molar-refractivity contribution in [3.05, 3.63) is 34.3 Å². The first-order valence-electron chi connectivity index (χ1n) is 7.33. The molecule has 1 fully saturated rings. The van der Waals surface area contributed by atoms with Gasteiger partial charge in [0.2, 0.25) is 0 Å². The molecular formula is C15H21BrN4OS. The van der Waals surface area contributed by atoms with Crippen molar-refractivity contribution < 1.29 is 4.79 Å². The smallest absolute Gasteiger partial charge is 0.251 e. The number of aliphatic imine (C=N–C) groups is 1. The summed E-state index contributed by atoms with van der Waals surface area (Å²) in [6.45, 7) is 3.17. The Kier molecular flexibility index (Phi) is 7.05. The van der Waals surface area contributed by atoms with E-state index in [1.54, 1.807) is 12.1 Å². The number of benzene rings is 1. The van der Waals surface area contributed by atoms with Crippen LogP contribution < -0.4 is 11.1 Å². The lowest BCUT2D eigenvalue weighted by molar-refractivity contribution is 0.0953. The molecule has 1 amide bonds. The fraction of sp³-hybridized carbons (Fsp3) is 0.467. The highest BCUT2D eigenvalue weighted by Crippen LogP contribution is 2.11. The summed E-state index contributed by atoms with van der Waals surface area (Å²) in [6, 6.07) is 7.35. The van der Waals surface area contributed by atoms with Crippen LogP contribution in [0.25, 0.3) is 0 Å². The lowest BCUT2D eigenvalue weighted by atomic mass is 10.2. The number of nitrogens with zero attached hydrogens (tertiary/aromatic N) is 2. The Morgan fingerprint density at radius 1 is 1.41 bits per heavy atom. The van der Waals surface area contributed by atoms with Gasteiger partial charge in [0.15, 0.2) is 5.96 Å². The van der Waals surface area contributed by atoms with E-state index in [4.69, 9.17) is 5.73 Å². The third-order valence-electron chi connectivity index (χ3n) is 3.32. The van der Waals surface area contributed by atoms with E-state index in [0.717, 1.165) is 35.5 Å². The van der Waals surface area contributed by atoms with E-state index in [1.807, 2.05) is 23.9 Å². The molecule has 5 nitrogen and oxygen atoms in total. The number of carbonyl (C=O) groups is 1. The van der Waals surface area contributed by atoms with Crippen molar-refractivity contribution in [1.82, 2.24) is 10.2 Å². The molecule has 1 heterocycles. The van der Waals surface area contributed by atoms with Crippen molar-refractivity contribution in [2.45, 2.75) is 6.42 Å². The van der Waals surface area contributed by atoms with Gasteiger partial charge in [0.1, 0.15) is 0 Å². The first-order chi connectivity index (χ1) is 10.7. The number of guanidine groups is 1. The van der Waals surface area contributed by atoms with Crippen molar-refractivity contribution in [1.29, 1.82) is 0 Å². The van der Waals surface area contributed by atoms with Gasteiger partial charge in [-0.3, -0.25) is 9.79 Å². The summed E-state index contributed by atoms with van der Waals surface area (Å²) in [5.74, 6) is 2.78. The summed E-state index contributed by atoms with van der Waals surface area (Å²) >= 11 is 5.31. The van der Waals surface area contributed by atoms with Crippen molar-refractivity contribution in [2.24, 2.45) is 10.7 Å². The van der Waals surface area contributed by atoms with Crippen LogP contribution in [-0.4, -0.2) is 54.5 Å². The van der Waals surface area contributed by atoms with E-state index in [0.29, 0.717) is 24.6 Å². The van der Waals surface area contributed by atoms with E-state index in [-0.39, 0.29) is 5.91 Å². The van der Waals surface area contributed by atoms with Gasteiger partial charge in [-0.05, 0) is 24.6 Å². The van der Waals surface area contributed by atoms with Crippen molar-refractivity contribution in [2.75, 3.05) is 37.7 Å². The van der Waals surface area contributed by atoms with Crippen LogP contribution in [-0.2, 0) is 0 Å². The number of nitrogens with one attached hydrogen (secondary N) is 1. The maximum Gasteiger partial charge on any atom is 0.251 e. The van der Waals surface area contributed by atoms with Gasteiger partial charge < -0.3 is 16.0 Å². The second kappa shape index (κ2) is 9.05. The van der Waals surface area contributed by atoms with Crippen LogP contribution in [0.1, 0.15) is 16.8 Å². The highest BCUT2D eigenvalue weighted by molar-refractivity contribution is 9.10. The normalized spacial score (nSPS) is 15.7. The average Bonchev–Trinajstić information content (AvgIpc) is 2.55. The van der Waals surface area contributed by atoms with Crippen LogP contribution in [0.5, 0.6) is 0 Å². The zero-order chi connectivity index (χ0) is 15.8. The number of rotatable bonds is 5. The maximum absolute atomic E-state index is 11.9. The topological polar surface area (TPSA) is 70.7 Å². The van der Waals surface area contributed by atoms with Crippen LogP contribution in [0.15, 0.2) is 33.7 Å². The molecule has 3 N–H and O–H groups in total. The van der Waals surface area contributed by atoms with Crippen LogP contribution in [0.2, 0.25) is 0 Å². The van der Waals surface area contributed by atoms with Gasteiger partial charge >= 0.3 is 0 Å². The molecule has 0 bridgehead atoms. The van der Waals surface area contributed by atoms with Gasteiger partial charge in [0.05, 0.1) is 0 Å². The summed E-state index contributed by atoms with van der Waals surface area (Å²) in [7, 11) is 0. The predicted molar refractivity (Wildman–Crippen MR) is 96.5 cm³/mol. The number of carbonyl (C=O) groups excluding carboxylic acids is 1. The lowest BCUT2D eigenvalue weighted by Gasteiger charge is -2.27. The highest BCUT2D eigenvalue weighted by Gasteiger charge is 2.11. The van der Waals surface area contributed by atoms with E-state index < -0.39 is 0 Å². The van der Waals surface area contributed by atoms with Gasteiger partial charge in [-0.1, -0.05) is 22.0 Å². The number of halogens is 1. The molecule has 0 unspecified atom stereocenters. The van der Waals surface area contributed by atoms with Crippen LogP contribution in [0, 0.1) is 0 Å². The van der Waals surface area contributed by atoms with E-state index in [9.17, 15) is 4.79 Å². The molecule has 2 rings (SSSR count). The average molecular weight is 385 g/mol. The fourth-order valence-corrected chi connectivity index (χ4v) is 3.40. The Balaban J connectivity index is 1.67. The van der Waals surface area contributed by atoms with Crippen molar-refractivity contribution in [3.8, 4) is 0 Å². The number of thioether (sulfide) groups is 1. The van der Waals surface area contributed by atoms with Gasteiger partial charge in [-0.25, -0.2) is 0 Å². The molecule has 0 aromatic heterocycles. The van der Waals surface area contributed by atoms with Gasteiger partial charge in [0, 0.05) is 47.7 Å². The molecule has 1 aromatic carbocycles. The summed E-state index contributed by atoms with van der Waals surface area (Å²) in [6.07, 6.45) is 0.781. The number of hydrogen-bond acceptors (Lipinski definition) is 3. The van der Waals surface area contributed by atoms with E-state index in [1.165, 1.54) is 0 Å². The molecule has 1 saturated heterocycles. The third kappa shape index (κ3) is 5.53. The quantitative estimate of drug-likeness (QED) is 0.462. The Hall–Kier alpha value is -1.21. The molecule has 1 aliphatic rings. The standard InChI is InChI=1S/C15H21BrN4OS/c16-13-4-1-3-12(11-13)14(21)18-5-2-6-19-15(17)20-7-9-22-10-8-20/h1,3-4,11H,2,5-10H2,(H2,17,19)(H,18,21). The number of hydrogen-bond donors (Lipinski definition) is 2. The molecule has 0 saturated carbocycles. The second-order valence-corrected chi connectivity index (χ2v) is 7.10. The maximum atomic E-state index is 11.9. The molecule has 0 spiro atoms. The lowest BCUT2D eigenvalue weighted by Crippen LogP contribution is -2.42. The van der Waals surface area contributed by atoms with E-state index in [2.05, 4.69) is 31.1 Å². The van der Waals surface area contributed by atoms with Gasteiger partial charge in [0.25, 0.3) is 5.91 Å². The molecule has 1 aromatic rings. The van der Waals surface area contributed by atoms with E-state index >= 15 is 0 Å². The zero-order valence-electron chi connectivity index (χ0n) is 12.4. The Labute approximate surface area is 143 Å². The first-order valence-corrected chi connectivity index (χ1v) is 9.28. The molecule has 22 heavy (non-hydrogen) atoms. The minimum atomic E-state index is -0.0636.